The highest BCUT2D eigenvalue weighted by Gasteiger charge is 2.32. The molecule has 2 atom stereocenters. The lowest BCUT2D eigenvalue weighted by atomic mass is 10.3. The van der Waals surface area contributed by atoms with Gasteiger partial charge in [0.1, 0.15) is 9.88 Å². The number of aromatic nitrogens is 1. The standard InChI is InChI=1S/C11H15N3O5S/c1-5-9(10(17)18)20-8(13-5)2-12-11(19)14-3-6(15)7(16)4-14/h6-7,15-16H,2-4H2,1H3,(H,12,19)(H,17,18). The molecule has 1 aliphatic heterocycles. The van der Waals surface area contributed by atoms with Crippen LogP contribution >= 0.6 is 11.3 Å². The first-order valence-electron chi connectivity index (χ1n) is 5.97. The Labute approximate surface area is 118 Å². The minimum Gasteiger partial charge on any atom is -0.477 e. The molecule has 0 aromatic carbocycles. The molecule has 2 amide bonds. The number of nitrogens with one attached hydrogen (secondary N) is 1. The summed E-state index contributed by atoms with van der Waals surface area (Å²) in [6, 6.07) is -0.426. The smallest absolute Gasteiger partial charge is 0.347 e. The lowest BCUT2D eigenvalue weighted by Crippen LogP contribution is -2.38. The summed E-state index contributed by atoms with van der Waals surface area (Å²) in [4.78, 5) is 28.2. The maximum atomic E-state index is 11.8. The fourth-order valence-electron chi connectivity index (χ4n) is 1.92. The molecule has 1 aliphatic rings. The maximum Gasteiger partial charge on any atom is 0.347 e. The predicted molar refractivity (Wildman–Crippen MR) is 69.6 cm³/mol. The summed E-state index contributed by atoms with van der Waals surface area (Å²) >= 11 is 1.01. The molecule has 1 fully saturated rings. The number of hydrogen-bond acceptors (Lipinski definition) is 6. The minimum absolute atomic E-state index is 0.0737. The van der Waals surface area contributed by atoms with Gasteiger partial charge in [-0.25, -0.2) is 14.6 Å². The van der Waals surface area contributed by atoms with E-state index < -0.39 is 24.2 Å². The highest BCUT2D eigenvalue weighted by Crippen LogP contribution is 2.18. The molecule has 0 aliphatic carbocycles. The molecule has 2 unspecified atom stereocenters. The summed E-state index contributed by atoms with van der Waals surface area (Å²) in [6.07, 6.45) is -1.86. The van der Waals surface area contributed by atoms with Crippen molar-refractivity contribution < 1.29 is 24.9 Å². The van der Waals surface area contributed by atoms with Crippen LogP contribution in [0.2, 0.25) is 0 Å². The van der Waals surface area contributed by atoms with Crippen molar-refractivity contribution in [1.29, 1.82) is 0 Å². The van der Waals surface area contributed by atoms with E-state index in [1.54, 1.807) is 6.92 Å². The largest absolute Gasteiger partial charge is 0.477 e. The summed E-state index contributed by atoms with van der Waals surface area (Å²) in [5.41, 5.74) is 0.416. The number of carboxylic acid groups (broad SMARTS) is 1. The lowest BCUT2D eigenvalue weighted by molar-refractivity contribution is 0.0572. The van der Waals surface area contributed by atoms with Gasteiger partial charge in [-0.15, -0.1) is 11.3 Å². The normalized spacial score (nSPS) is 22.1. The second kappa shape index (κ2) is 5.73. The predicted octanol–water partition coefficient (Wildman–Crippen LogP) is -0.603. The van der Waals surface area contributed by atoms with E-state index in [1.807, 2.05) is 0 Å². The molecule has 2 rings (SSSR count). The van der Waals surface area contributed by atoms with Crippen molar-refractivity contribution in [1.82, 2.24) is 15.2 Å². The van der Waals surface area contributed by atoms with Crippen LogP contribution in [0, 0.1) is 6.92 Å². The molecule has 110 valence electrons. The van der Waals surface area contributed by atoms with Crippen LogP contribution in [0.4, 0.5) is 4.79 Å². The van der Waals surface area contributed by atoms with E-state index in [1.165, 1.54) is 4.90 Å². The van der Waals surface area contributed by atoms with Crippen LogP contribution in [0.1, 0.15) is 20.4 Å². The first kappa shape index (κ1) is 14.7. The number of β-amino-alcohol motifs (C(OH)–C–C–N with tert-alkyl or cyclic N) is 2. The molecule has 4 N–H and O–H groups in total. The Morgan fingerprint density at radius 2 is 2.00 bits per heavy atom. The zero-order chi connectivity index (χ0) is 14.9. The lowest BCUT2D eigenvalue weighted by Gasteiger charge is -2.15. The van der Waals surface area contributed by atoms with Gasteiger partial charge in [0.05, 0.1) is 37.5 Å². The maximum absolute atomic E-state index is 11.8. The van der Waals surface area contributed by atoms with Crippen LogP contribution in [0.5, 0.6) is 0 Å². The number of likely N-dealkylation sites (tertiary alicyclic amines) is 1. The van der Waals surface area contributed by atoms with Crippen LogP contribution < -0.4 is 5.32 Å². The summed E-state index contributed by atoms with van der Waals surface area (Å²) in [5, 5.41) is 30.7. The molecule has 20 heavy (non-hydrogen) atoms. The van der Waals surface area contributed by atoms with Crippen molar-refractivity contribution in [3.8, 4) is 0 Å². The Bertz CT molecular complexity index is 522. The number of hydrogen-bond donors (Lipinski definition) is 4. The van der Waals surface area contributed by atoms with Crippen molar-refractivity contribution in [2.24, 2.45) is 0 Å². The van der Waals surface area contributed by atoms with Gasteiger partial charge in [-0.1, -0.05) is 0 Å². The van der Waals surface area contributed by atoms with Gasteiger partial charge in [-0.05, 0) is 6.92 Å². The fraction of sp³-hybridized carbons (Fsp3) is 0.545. The molecule has 0 bridgehead atoms. The van der Waals surface area contributed by atoms with Crippen molar-refractivity contribution in [3.05, 3.63) is 15.6 Å². The zero-order valence-corrected chi connectivity index (χ0v) is 11.6. The minimum atomic E-state index is -1.04. The number of urea groups is 1. The number of carbonyl (C=O) groups excluding carboxylic acids is 1. The Morgan fingerprint density at radius 1 is 1.40 bits per heavy atom. The summed E-state index contributed by atoms with van der Waals surface area (Å²) in [6.45, 7) is 1.85. The van der Waals surface area contributed by atoms with E-state index in [9.17, 15) is 19.8 Å². The number of aryl methyl sites for hydroxylation is 1. The quantitative estimate of drug-likeness (QED) is 0.591. The number of aliphatic hydroxyl groups excluding tert-OH is 2. The van der Waals surface area contributed by atoms with Gasteiger partial charge < -0.3 is 25.5 Å². The monoisotopic (exact) mass is 301 g/mol. The first-order valence-corrected chi connectivity index (χ1v) is 6.78. The third-order valence-corrected chi connectivity index (χ3v) is 4.12. The molecule has 1 saturated heterocycles. The van der Waals surface area contributed by atoms with E-state index in [0.717, 1.165) is 11.3 Å². The highest BCUT2D eigenvalue weighted by molar-refractivity contribution is 7.13. The van der Waals surface area contributed by atoms with Crippen LogP contribution in [0.25, 0.3) is 0 Å². The number of carboxylic acids is 1. The first-order chi connectivity index (χ1) is 9.38. The number of carbonyl (C=O) groups is 2. The number of amides is 2. The number of nitrogens with zero attached hydrogens (tertiary/aromatic N) is 2. The van der Waals surface area contributed by atoms with Crippen LogP contribution in [-0.2, 0) is 6.54 Å². The summed E-state index contributed by atoms with van der Waals surface area (Å²) in [7, 11) is 0. The second-order valence-corrected chi connectivity index (χ2v) is 5.61. The van der Waals surface area contributed by atoms with Gasteiger partial charge in [-0.3, -0.25) is 0 Å². The van der Waals surface area contributed by atoms with Crippen molar-refractivity contribution in [2.45, 2.75) is 25.7 Å². The van der Waals surface area contributed by atoms with Crippen molar-refractivity contribution in [2.75, 3.05) is 13.1 Å². The number of aliphatic hydroxyl groups is 2. The fourth-order valence-corrected chi connectivity index (χ4v) is 2.77. The van der Waals surface area contributed by atoms with E-state index in [2.05, 4.69) is 10.3 Å². The highest BCUT2D eigenvalue weighted by atomic mass is 32.1. The second-order valence-electron chi connectivity index (χ2n) is 4.53. The van der Waals surface area contributed by atoms with Crippen molar-refractivity contribution in [3.63, 3.8) is 0 Å². The SMILES string of the molecule is Cc1nc(CNC(=O)N2CC(O)C(O)C2)sc1C(=O)O. The average molecular weight is 301 g/mol. The van der Waals surface area contributed by atoms with Gasteiger partial charge in [0, 0.05) is 0 Å². The molecular formula is C11H15N3O5S. The number of rotatable bonds is 3. The van der Waals surface area contributed by atoms with Gasteiger partial charge >= 0.3 is 12.0 Å². The Balaban J connectivity index is 1.91. The molecule has 9 heteroatoms. The molecule has 0 spiro atoms. The van der Waals surface area contributed by atoms with Gasteiger partial charge in [0.15, 0.2) is 0 Å². The molecule has 2 heterocycles. The van der Waals surface area contributed by atoms with Crippen LogP contribution in [0.3, 0.4) is 0 Å². The Kier molecular flexibility index (Phi) is 4.21. The third-order valence-electron chi connectivity index (χ3n) is 2.97. The summed E-state index contributed by atoms with van der Waals surface area (Å²) in [5.74, 6) is -1.04. The van der Waals surface area contributed by atoms with Gasteiger partial charge in [-0.2, -0.15) is 0 Å². The molecule has 8 nitrogen and oxygen atoms in total. The van der Waals surface area contributed by atoms with Gasteiger partial charge in [0.25, 0.3) is 0 Å². The molecule has 1 aromatic rings. The topological polar surface area (TPSA) is 123 Å². The van der Waals surface area contributed by atoms with E-state index in [4.69, 9.17) is 5.11 Å². The van der Waals surface area contributed by atoms with Crippen LogP contribution in [-0.4, -0.2) is 62.5 Å². The van der Waals surface area contributed by atoms with E-state index >= 15 is 0 Å². The van der Waals surface area contributed by atoms with E-state index in [-0.39, 0.29) is 24.5 Å². The Morgan fingerprint density at radius 3 is 2.50 bits per heavy atom. The third kappa shape index (κ3) is 3.06. The number of thiazole rings is 1. The number of aromatic carboxylic acids is 1. The van der Waals surface area contributed by atoms with Crippen molar-refractivity contribution >= 4 is 23.3 Å². The Hall–Kier alpha value is -1.71. The average Bonchev–Trinajstić information content (AvgIpc) is 2.91. The molecule has 0 saturated carbocycles. The molecular weight excluding hydrogens is 286 g/mol. The summed E-state index contributed by atoms with van der Waals surface area (Å²) < 4.78 is 0. The molecule has 0 radical (unpaired) electrons. The molecule has 1 aromatic heterocycles. The van der Waals surface area contributed by atoms with Crippen LogP contribution in [0.15, 0.2) is 0 Å². The van der Waals surface area contributed by atoms with E-state index in [0.29, 0.717) is 10.7 Å². The zero-order valence-electron chi connectivity index (χ0n) is 10.7. The van der Waals surface area contributed by atoms with Gasteiger partial charge in [0.2, 0.25) is 0 Å².